The molecule has 1 aliphatic rings. The second-order valence-corrected chi connectivity index (χ2v) is 2.92. The Kier molecular flexibility index (Phi) is 1.90. The van der Waals surface area contributed by atoms with E-state index in [1.807, 2.05) is 6.07 Å². The molecule has 68 valence electrons. The van der Waals surface area contributed by atoms with Crippen molar-refractivity contribution in [3.05, 3.63) is 29.3 Å². The average molecular weight is 178 g/mol. The molecule has 0 fully saturated rings. The van der Waals surface area contributed by atoms with Gasteiger partial charge in [-0.05, 0) is 12.1 Å². The van der Waals surface area contributed by atoms with Gasteiger partial charge in [0.2, 0.25) is 0 Å². The van der Waals surface area contributed by atoms with E-state index in [-0.39, 0.29) is 0 Å². The van der Waals surface area contributed by atoms with Crippen molar-refractivity contribution in [2.75, 3.05) is 12.0 Å². The van der Waals surface area contributed by atoms with E-state index >= 15 is 0 Å². The van der Waals surface area contributed by atoms with Gasteiger partial charge < -0.3 is 10.4 Å². The normalized spacial score (nSPS) is 14.5. The topological polar surface area (TPSA) is 61.4 Å². The van der Waals surface area contributed by atoms with E-state index in [0.717, 1.165) is 11.3 Å². The molecule has 0 unspecified atom stereocenters. The minimum Gasteiger partial charge on any atom is -0.478 e. The number of anilines is 1. The Morgan fingerprint density at radius 2 is 2.31 bits per heavy atom. The number of hydrogen-bond donors (Lipinski definition) is 3. The summed E-state index contributed by atoms with van der Waals surface area (Å²) in [7, 11) is 0. The first-order chi connectivity index (χ1) is 6.29. The molecule has 1 aromatic carbocycles. The molecule has 0 saturated heterocycles. The summed E-state index contributed by atoms with van der Waals surface area (Å²) in [6.45, 7) is 1.31. The third-order valence-electron chi connectivity index (χ3n) is 2.11. The summed E-state index contributed by atoms with van der Waals surface area (Å²) in [4.78, 5) is 10.8. The molecular weight excluding hydrogens is 168 g/mol. The van der Waals surface area contributed by atoms with E-state index in [1.54, 1.807) is 12.1 Å². The predicted octanol–water partition coefficient (Wildman–Crippen LogP) is 0.857. The zero-order valence-electron chi connectivity index (χ0n) is 7.00. The van der Waals surface area contributed by atoms with Crippen LogP contribution in [0.1, 0.15) is 15.9 Å². The van der Waals surface area contributed by atoms with Crippen LogP contribution in [-0.4, -0.2) is 17.7 Å². The number of benzene rings is 1. The number of carboxylic acids is 1. The Labute approximate surface area is 75.6 Å². The van der Waals surface area contributed by atoms with Gasteiger partial charge in [0.05, 0.1) is 12.2 Å². The maximum absolute atomic E-state index is 10.8. The van der Waals surface area contributed by atoms with Crippen molar-refractivity contribution in [2.24, 2.45) is 0 Å². The van der Waals surface area contributed by atoms with Gasteiger partial charge in [0.25, 0.3) is 0 Å². The Morgan fingerprint density at radius 3 is 3.08 bits per heavy atom. The first-order valence-electron chi connectivity index (χ1n) is 4.09. The van der Waals surface area contributed by atoms with Crippen molar-refractivity contribution in [3.63, 3.8) is 0 Å². The predicted molar refractivity (Wildman–Crippen MR) is 48.7 cm³/mol. The number of rotatable bonds is 1. The molecule has 0 radical (unpaired) electrons. The van der Waals surface area contributed by atoms with E-state index in [0.29, 0.717) is 18.8 Å². The second kappa shape index (κ2) is 3.06. The molecule has 4 heteroatoms. The molecule has 1 aromatic rings. The van der Waals surface area contributed by atoms with Crippen LogP contribution in [0.2, 0.25) is 0 Å². The Morgan fingerprint density at radius 1 is 1.46 bits per heavy atom. The van der Waals surface area contributed by atoms with Crippen LogP contribution in [0.4, 0.5) is 5.69 Å². The highest BCUT2D eigenvalue weighted by Crippen LogP contribution is 2.21. The number of hydrogen-bond acceptors (Lipinski definition) is 3. The third-order valence-corrected chi connectivity index (χ3v) is 2.11. The maximum atomic E-state index is 10.8. The van der Waals surface area contributed by atoms with Crippen LogP contribution in [0.15, 0.2) is 18.2 Å². The molecule has 1 aliphatic heterocycles. The maximum Gasteiger partial charge on any atom is 0.336 e. The summed E-state index contributed by atoms with van der Waals surface area (Å²) in [5, 5.41) is 15.0. The highest BCUT2D eigenvalue weighted by Gasteiger charge is 2.15. The Balaban J connectivity index is 2.52. The van der Waals surface area contributed by atoms with Crippen molar-refractivity contribution >= 4 is 11.7 Å². The van der Waals surface area contributed by atoms with E-state index in [9.17, 15) is 4.79 Å². The number of aromatic carboxylic acids is 1. The van der Waals surface area contributed by atoms with Gasteiger partial charge in [0.1, 0.15) is 0 Å². The van der Waals surface area contributed by atoms with E-state index in [2.05, 4.69) is 10.6 Å². The molecule has 0 bridgehead atoms. The highest BCUT2D eigenvalue weighted by atomic mass is 16.4. The molecule has 4 nitrogen and oxygen atoms in total. The van der Waals surface area contributed by atoms with Gasteiger partial charge in [-0.1, -0.05) is 6.07 Å². The second-order valence-electron chi connectivity index (χ2n) is 2.92. The lowest BCUT2D eigenvalue weighted by Crippen LogP contribution is -2.28. The lowest BCUT2D eigenvalue weighted by atomic mass is 10.0. The van der Waals surface area contributed by atoms with Gasteiger partial charge in [-0.25, -0.2) is 4.79 Å². The van der Waals surface area contributed by atoms with Crippen LogP contribution in [0.5, 0.6) is 0 Å². The molecule has 0 atom stereocenters. The Hall–Kier alpha value is -1.55. The number of carboxylic acid groups (broad SMARTS) is 1. The molecule has 0 aliphatic carbocycles. The SMILES string of the molecule is O=C(O)c1cccc2c1CNCN2. The summed E-state index contributed by atoms with van der Waals surface area (Å²) in [5.41, 5.74) is 2.12. The summed E-state index contributed by atoms with van der Waals surface area (Å²) < 4.78 is 0. The molecule has 0 amide bonds. The van der Waals surface area contributed by atoms with Crippen LogP contribution in [-0.2, 0) is 6.54 Å². The third kappa shape index (κ3) is 1.36. The van der Waals surface area contributed by atoms with E-state index < -0.39 is 5.97 Å². The highest BCUT2D eigenvalue weighted by molar-refractivity contribution is 5.91. The van der Waals surface area contributed by atoms with Gasteiger partial charge in [-0.15, -0.1) is 0 Å². The van der Waals surface area contributed by atoms with Crippen molar-refractivity contribution < 1.29 is 9.90 Å². The van der Waals surface area contributed by atoms with Crippen molar-refractivity contribution in [3.8, 4) is 0 Å². The van der Waals surface area contributed by atoms with Crippen molar-refractivity contribution in [1.29, 1.82) is 0 Å². The van der Waals surface area contributed by atoms with E-state index in [1.165, 1.54) is 0 Å². The molecule has 2 rings (SSSR count). The van der Waals surface area contributed by atoms with Crippen LogP contribution < -0.4 is 10.6 Å². The van der Waals surface area contributed by atoms with Crippen molar-refractivity contribution in [2.45, 2.75) is 6.54 Å². The standard InChI is InChI=1S/C9H10N2O2/c12-9(13)6-2-1-3-8-7(6)4-10-5-11-8/h1-3,10-11H,4-5H2,(H,12,13). The van der Waals surface area contributed by atoms with Gasteiger partial charge in [0.15, 0.2) is 0 Å². The summed E-state index contributed by atoms with van der Waals surface area (Å²) in [6.07, 6.45) is 0. The minimum absolute atomic E-state index is 0.372. The lowest BCUT2D eigenvalue weighted by Gasteiger charge is -2.20. The fraction of sp³-hybridized carbons (Fsp3) is 0.222. The zero-order valence-corrected chi connectivity index (χ0v) is 7.00. The van der Waals surface area contributed by atoms with Gasteiger partial charge in [-0.3, -0.25) is 5.32 Å². The summed E-state index contributed by atoms with van der Waals surface area (Å²) >= 11 is 0. The quantitative estimate of drug-likeness (QED) is 0.596. The number of nitrogens with one attached hydrogen (secondary N) is 2. The lowest BCUT2D eigenvalue weighted by molar-refractivity contribution is 0.0695. The van der Waals surface area contributed by atoms with Crippen molar-refractivity contribution in [1.82, 2.24) is 5.32 Å². The van der Waals surface area contributed by atoms with Crippen LogP contribution in [0.25, 0.3) is 0 Å². The first kappa shape index (κ1) is 8.07. The number of carbonyl (C=O) groups is 1. The smallest absolute Gasteiger partial charge is 0.336 e. The van der Waals surface area contributed by atoms with Crippen LogP contribution >= 0.6 is 0 Å². The fourth-order valence-electron chi connectivity index (χ4n) is 1.49. The largest absolute Gasteiger partial charge is 0.478 e. The molecule has 13 heavy (non-hydrogen) atoms. The van der Waals surface area contributed by atoms with Crippen LogP contribution in [0.3, 0.4) is 0 Å². The van der Waals surface area contributed by atoms with Gasteiger partial charge in [-0.2, -0.15) is 0 Å². The molecular formula is C9H10N2O2. The summed E-state index contributed by atoms with van der Waals surface area (Å²) in [5.74, 6) is -0.873. The fourth-order valence-corrected chi connectivity index (χ4v) is 1.49. The Bertz CT molecular complexity index is 349. The van der Waals surface area contributed by atoms with Gasteiger partial charge in [0, 0.05) is 17.8 Å². The molecule has 1 heterocycles. The number of fused-ring (bicyclic) bond motifs is 1. The average Bonchev–Trinajstić information content (AvgIpc) is 2.17. The van der Waals surface area contributed by atoms with Crippen LogP contribution in [0, 0.1) is 0 Å². The molecule has 0 saturated carbocycles. The molecule has 0 spiro atoms. The van der Waals surface area contributed by atoms with E-state index in [4.69, 9.17) is 5.11 Å². The molecule has 0 aromatic heterocycles. The molecule has 3 N–H and O–H groups in total. The monoisotopic (exact) mass is 178 g/mol. The minimum atomic E-state index is -0.873. The summed E-state index contributed by atoms with van der Waals surface area (Å²) in [6, 6.07) is 5.26. The zero-order chi connectivity index (χ0) is 9.26. The first-order valence-corrected chi connectivity index (χ1v) is 4.09. The van der Waals surface area contributed by atoms with Gasteiger partial charge >= 0.3 is 5.97 Å².